The topological polar surface area (TPSA) is 114 Å². The van der Waals surface area contributed by atoms with Crippen LogP contribution in [0.25, 0.3) is 10.8 Å². The second-order valence-electron chi connectivity index (χ2n) is 7.40. The van der Waals surface area contributed by atoms with Gasteiger partial charge in [0.25, 0.3) is 0 Å². The molecule has 2 aromatic carbocycles. The van der Waals surface area contributed by atoms with Crippen LogP contribution in [0.15, 0.2) is 60.9 Å². The largest absolute Gasteiger partial charge is 0.357 e. The standard InChI is InChI=1S/C22H27ClN8O/c1-24-20-29-21(26-12-14-4-2-6-16(10-14)27-19(32)11-23)31-22(30-20)28-18-7-3-5-15-8-9-25-13-17(15)18/h2-10,13,20-22,24,26,28-31H,11-12H2,1H3,(H,27,32). The van der Waals surface area contributed by atoms with E-state index >= 15 is 0 Å². The van der Waals surface area contributed by atoms with Crippen LogP contribution in [-0.2, 0) is 11.3 Å². The molecule has 0 saturated carbocycles. The minimum atomic E-state index is -0.229. The Kier molecular flexibility index (Phi) is 7.48. The van der Waals surface area contributed by atoms with Gasteiger partial charge in [-0.1, -0.05) is 24.3 Å². The molecule has 7 N–H and O–H groups in total. The number of amides is 1. The third kappa shape index (κ3) is 5.71. The van der Waals surface area contributed by atoms with E-state index in [1.54, 1.807) is 6.20 Å². The van der Waals surface area contributed by atoms with Crippen molar-refractivity contribution < 1.29 is 4.79 Å². The number of anilines is 2. The lowest BCUT2D eigenvalue weighted by Gasteiger charge is -2.39. The Hall–Kier alpha value is -2.79. The highest BCUT2D eigenvalue weighted by atomic mass is 35.5. The minimum Gasteiger partial charge on any atom is -0.357 e. The van der Waals surface area contributed by atoms with Gasteiger partial charge in [-0.05, 0) is 42.3 Å². The number of nitrogens with one attached hydrogen (secondary N) is 7. The van der Waals surface area contributed by atoms with E-state index in [1.807, 2.05) is 55.7 Å². The summed E-state index contributed by atoms with van der Waals surface area (Å²) in [6.07, 6.45) is 3.15. The monoisotopic (exact) mass is 454 g/mol. The third-order valence-corrected chi connectivity index (χ3v) is 5.36. The van der Waals surface area contributed by atoms with Crippen LogP contribution in [0.5, 0.6) is 0 Å². The molecular weight excluding hydrogens is 428 g/mol. The van der Waals surface area contributed by atoms with Crippen molar-refractivity contribution in [2.24, 2.45) is 0 Å². The molecule has 3 atom stereocenters. The van der Waals surface area contributed by atoms with Crippen LogP contribution in [0.3, 0.4) is 0 Å². The number of hydrogen-bond donors (Lipinski definition) is 7. The summed E-state index contributed by atoms with van der Waals surface area (Å²) in [5, 5.41) is 25.4. The summed E-state index contributed by atoms with van der Waals surface area (Å²) in [5.74, 6) is -0.300. The molecule has 10 heteroatoms. The lowest BCUT2D eigenvalue weighted by Crippen LogP contribution is -2.75. The van der Waals surface area contributed by atoms with Gasteiger partial charge in [-0.3, -0.25) is 36.4 Å². The average molecular weight is 455 g/mol. The van der Waals surface area contributed by atoms with E-state index in [9.17, 15) is 4.79 Å². The highest BCUT2D eigenvalue weighted by Gasteiger charge is 2.25. The first kappa shape index (κ1) is 22.4. The molecule has 1 aromatic heterocycles. The number of alkyl halides is 1. The van der Waals surface area contributed by atoms with Gasteiger partial charge in [-0.2, -0.15) is 0 Å². The van der Waals surface area contributed by atoms with Crippen LogP contribution in [0.1, 0.15) is 5.56 Å². The van der Waals surface area contributed by atoms with Crippen LogP contribution in [-0.4, -0.2) is 42.7 Å². The van der Waals surface area contributed by atoms with E-state index in [2.05, 4.69) is 48.3 Å². The summed E-state index contributed by atoms with van der Waals surface area (Å²) < 4.78 is 0. The van der Waals surface area contributed by atoms with Gasteiger partial charge in [0.15, 0.2) is 0 Å². The summed E-state index contributed by atoms with van der Waals surface area (Å²) in [6.45, 7) is 0.594. The Morgan fingerprint density at radius 2 is 1.88 bits per heavy atom. The number of hydrogen-bond acceptors (Lipinski definition) is 8. The number of fused-ring (bicyclic) bond motifs is 1. The fourth-order valence-electron chi connectivity index (χ4n) is 3.58. The lowest BCUT2D eigenvalue weighted by molar-refractivity contribution is -0.113. The molecule has 3 unspecified atom stereocenters. The number of aromatic nitrogens is 1. The third-order valence-electron chi connectivity index (χ3n) is 5.11. The van der Waals surface area contributed by atoms with Crippen LogP contribution < -0.4 is 37.2 Å². The van der Waals surface area contributed by atoms with Crippen molar-refractivity contribution >= 4 is 39.7 Å². The molecule has 0 radical (unpaired) electrons. The van der Waals surface area contributed by atoms with Gasteiger partial charge in [0.2, 0.25) is 5.91 Å². The van der Waals surface area contributed by atoms with Crippen molar-refractivity contribution in [3.8, 4) is 0 Å². The van der Waals surface area contributed by atoms with Crippen LogP contribution in [0, 0.1) is 0 Å². The van der Waals surface area contributed by atoms with Crippen molar-refractivity contribution in [3.05, 3.63) is 66.5 Å². The van der Waals surface area contributed by atoms with Gasteiger partial charge in [0.1, 0.15) is 24.7 Å². The zero-order chi connectivity index (χ0) is 22.3. The molecule has 168 valence electrons. The van der Waals surface area contributed by atoms with E-state index in [0.29, 0.717) is 6.54 Å². The molecule has 1 fully saturated rings. The number of nitrogens with zero attached hydrogens (tertiary/aromatic N) is 1. The highest BCUT2D eigenvalue weighted by Crippen LogP contribution is 2.22. The fourth-order valence-corrected chi connectivity index (χ4v) is 3.65. The summed E-state index contributed by atoms with van der Waals surface area (Å²) in [4.78, 5) is 15.8. The van der Waals surface area contributed by atoms with Crippen LogP contribution in [0.4, 0.5) is 11.4 Å². The van der Waals surface area contributed by atoms with Gasteiger partial charge in [0, 0.05) is 35.7 Å². The molecule has 4 rings (SSSR count). The van der Waals surface area contributed by atoms with Crippen LogP contribution >= 0.6 is 11.6 Å². The van der Waals surface area contributed by atoms with Crippen molar-refractivity contribution in [1.82, 2.24) is 31.6 Å². The normalized spacial score (nSPS) is 20.8. The second-order valence-corrected chi connectivity index (χ2v) is 7.66. The van der Waals surface area contributed by atoms with Crippen molar-refractivity contribution in [1.29, 1.82) is 0 Å². The molecule has 0 bridgehead atoms. The van der Waals surface area contributed by atoms with E-state index in [4.69, 9.17) is 11.6 Å². The zero-order valence-corrected chi connectivity index (χ0v) is 18.4. The molecular formula is C22H27ClN8O. The first-order valence-electron chi connectivity index (χ1n) is 10.4. The zero-order valence-electron chi connectivity index (χ0n) is 17.7. The van der Waals surface area contributed by atoms with E-state index in [-0.39, 0.29) is 30.7 Å². The van der Waals surface area contributed by atoms with E-state index in [0.717, 1.165) is 27.7 Å². The van der Waals surface area contributed by atoms with Gasteiger partial charge in [0.05, 0.1) is 0 Å². The summed E-state index contributed by atoms with van der Waals surface area (Å²) in [6, 6.07) is 15.8. The Morgan fingerprint density at radius 1 is 1.06 bits per heavy atom. The molecule has 32 heavy (non-hydrogen) atoms. The molecule has 0 spiro atoms. The van der Waals surface area contributed by atoms with Gasteiger partial charge in [-0.15, -0.1) is 11.6 Å². The van der Waals surface area contributed by atoms with Crippen LogP contribution in [0.2, 0.25) is 0 Å². The summed E-state index contributed by atoms with van der Waals surface area (Å²) in [5.41, 5.74) is 2.74. The maximum Gasteiger partial charge on any atom is 0.239 e. The second kappa shape index (κ2) is 10.7. The smallest absolute Gasteiger partial charge is 0.239 e. The first-order chi connectivity index (χ1) is 15.6. The van der Waals surface area contributed by atoms with Gasteiger partial charge < -0.3 is 10.6 Å². The molecule has 1 aliphatic rings. The minimum absolute atomic E-state index is 0.0715. The maximum absolute atomic E-state index is 11.5. The number of carbonyl (C=O) groups excluding carboxylic acids is 1. The van der Waals surface area contributed by atoms with Crippen molar-refractivity contribution in [2.75, 3.05) is 23.6 Å². The number of benzene rings is 2. The van der Waals surface area contributed by atoms with Gasteiger partial charge in [-0.25, -0.2) is 0 Å². The Balaban J connectivity index is 1.40. The summed E-state index contributed by atoms with van der Waals surface area (Å²) >= 11 is 5.57. The molecule has 1 amide bonds. The Morgan fingerprint density at radius 3 is 2.72 bits per heavy atom. The summed E-state index contributed by atoms with van der Waals surface area (Å²) in [7, 11) is 1.88. The fraction of sp³-hybridized carbons (Fsp3) is 0.273. The predicted molar refractivity (Wildman–Crippen MR) is 128 cm³/mol. The number of pyridine rings is 1. The quantitative estimate of drug-likeness (QED) is 0.256. The predicted octanol–water partition coefficient (Wildman–Crippen LogP) is 1.47. The molecule has 2 heterocycles. The number of rotatable bonds is 8. The maximum atomic E-state index is 11.5. The van der Waals surface area contributed by atoms with Crippen molar-refractivity contribution in [3.63, 3.8) is 0 Å². The van der Waals surface area contributed by atoms with Gasteiger partial charge >= 0.3 is 0 Å². The molecule has 9 nitrogen and oxygen atoms in total. The number of carbonyl (C=O) groups is 1. The molecule has 0 aliphatic carbocycles. The molecule has 1 aliphatic heterocycles. The highest BCUT2D eigenvalue weighted by molar-refractivity contribution is 6.29. The average Bonchev–Trinajstić information content (AvgIpc) is 2.83. The SMILES string of the molecule is CNC1NC(NCc2cccc(NC(=O)CCl)c2)NC(Nc2cccc3ccncc23)N1. The number of halogens is 1. The van der Waals surface area contributed by atoms with E-state index < -0.39 is 0 Å². The lowest BCUT2D eigenvalue weighted by atomic mass is 10.1. The van der Waals surface area contributed by atoms with E-state index in [1.165, 1.54) is 0 Å². The first-order valence-corrected chi connectivity index (χ1v) is 10.9. The molecule has 3 aromatic rings. The van der Waals surface area contributed by atoms with Crippen molar-refractivity contribution in [2.45, 2.75) is 25.4 Å². The molecule has 1 saturated heterocycles. The Labute approximate surface area is 191 Å². The Bertz CT molecular complexity index is 1060.